The number of nitrogens with one attached hydrogen (secondary N) is 1. The normalized spacial score (nSPS) is 24.1. The maximum Gasteiger partial charge on any atom is 0.115 e. The maximum atomic E-state index is 10.1. The number of hydrogen-bond donors (Lipinski definition) is 2. The van der Waals surface area contributed by atoms with Gasteiger partial charge >= 0.3 is 0 Å². The summed E-state index contributed by atoms with van der Waals surface area (Å²) in [6.45, 7) is 4.79. The van der Waals surface area contributed by atoms with E-state index < -0.39 is 0 Å². The van der Waals surface area contributed by atoms with Gasteiger partial charge in [0, 0.05) is 37.8 Å². The average molecular weight is 453 g/mol. The van der Waals surface area contributed by atoms with Gasteiger partial charge in [-0.25, -0.2) is 0 Å². The van der Waals surface area contributed by atoms with E-state index in [0.717, 1.165) is 12.8 Å². The number of hydrogen-bond acceptors (Lipinski definition) is 3. The Morgan fingerprint density at radius 1 is 0.824 bits per heavy atom. The molecular weight excluding hydrogens is 416 g/mol. The van der Waals surface area contributed by atoms with Crippen molar-refractivity contribution in [2.24, 2.45) is 5.41 Å². The topological polar surface area (TPSA) is 35.5 Å². The van der Waals surface area contributed by atoms with E-state index in [9.17, 15) is 5.11 Å². The second kappa shape index (κ2) is 9.11. The fourth-order valence-electron chi connectivity index (χ4n) is 6.79. The number of aryl methyl sites for hydroxylation is 1. The molecule has 2 atom stereocenters. The highest BCUT2D eigenvalue weighted by Gasteiger charge is 2.37. The SMILES string of the molecule is Oc1ccc2c(c1)CC[C@H](c1ccccc1)[C@@H]2c1ccc(N2CCCC3(CCC2)CNC3)cc1. The first-order valence-corrected chi connectivity index (χ1v) is 13.1. The van der Waals surface area contributed by atoms with Gasteiger partial charge in [-0.15, -0.1) is 0 Å². The van der Waals surface area contributed by atoms with E-state index in [1.807, 2.05) is 12.1 Å². The van der Waals surface area contributed by atoms with Gasteiger partial charge in [-0.2, -0.15) is 0 Å². The Morgan fingerprint density at radius 2 is 1.56 bits per heavy atom. The Hall–Kier alpha value is -2.78. The van der Waals surface area contributed by atoms with Crippen LogP contribution in [-0.2, 0) is 6.42 Å². The van der Waals surface area contributed by atoms with Crippen LogP contribution in [0, 0.1) is 5.41 Å². The van der Waals surface area contributed by atoms with Crippen molar-refractivity contribution in [3.05, 3.63) is 95.1 Å². The monoisotopic (exact) mass is 452 g/mol. The summed E-state index contributed by atoms with van der Waals surface area (Å²) in [4.78, 5) is 2.60. The van der Waals surface area contributed by atoms with Gasteiger partial charge < -0.3 is 15.3 Å². The Balaban J connectivity index is 1.27. The van der Waals surface area contributed by atoms with Crippen LogP contribution in [0.3, 0.4) is 0 Å². The molecular formula is C31H36N2O. The molecule has 3 aromatic carbocycles. The zero-order chi connectivity index (χ0) is 23.0. The van der Waals surface area contributed by atoms with Crippen LogP contribution >= 0.6 is 0 Å². The highest BCUT2D eigenvalue weighted by atomic mass is 16.3. The quantitative estimate of drug-likeness (QED) is 0.495. The van der Waals surface area contributed by atoms with E-state index in [-0.39, 0.29) is 0 Å². The van der Waals surface area contributed by atoms with Gasteiger partial charge in [0.25, 0.3) is 0 Å². The number of aromatic hydroxyl groups is 1. The van der Waals surface area contributed by atoms with Crippen LogP contribution in [-0.4, -0.2) is 31.3 Å². The molecule has 2 aliphatic heterocycles. The molecule has 0 radical (unpaired) electrons. The number of phenols is 1. The number of rotatable bonds is 3. The van der Waals surface area contributed by atoms with Crippen LogP contribution < -0.4 is 10.2 Å². The van der Waals surface area contributed by atoms with Crippen molar-refractivity contribution >= 4 is 5.69 Å². The molecule has 0 unspecified atom stereocenters. The van der Waals surface area contributed by atoms with E-state index >= 15 is 0 Å². The summed E-state index contributed by atoms with van der Waals surface area (Å²) in [5, 5.41) is 13.6. The zero-order valence-corrected chi connectivity index (χ0v) is 20.0. The molecule has 2 fully saturated rings. The first-order chi connectivity index (χ1) is 16.7. The molecule has 1 aliphatic carbocycles. The van der Waals surface area contributed by atoms with Crippen molar-refractivity contribution in [2.45, 2.75) is 50.4 Å². The molecule has 3 aromatic rings. The van der Waals surface area contributed by atoms with Crippen LogP contribution in [0.1, 0.15) is 66.2 Å². The minimum absolute atomic E-state index is 0.319. The molecule has 3 aliphatic rings. The second-order valence-electron chi connectivity index (χ2n) is 10.8. The Labute approximate surface area is 203 Å². The van der Waals surface area contributed by atoms with Crippen molar-refractivity contribution in [1.82, 2.24) is 5.32 Å². The summed E-state index contributed by atoms with van der Waals surface area (Å²) in [5.41, 5.74) is 7.44. The summed E-state index contributed by atoms with van der Waals surface area (Å²) < 4.78 is 0. The number of fused-ring (bicyclic) bond motifs is 1. The maximum absolute atomic E-state index is 10.1. The van der Waals surface area contributed by atoms with E-state index in [1.54, 1.807) is 0 Å². The number of benzene rings is 3. The second-order valence-corrected chi connectivity index (χ2v) is 10.8. The van der Waals surface area contributed by atoms with Crippen LogP contribution in [0.25, 0.3) is 0 Å². The molecule has 0 saturated carbocycles. The van der Waals surface area contributed by atoms with Gasteiger partial charge in [-0.3, -0.25) is 0 Å². The third-order valence-corrected chi connectivity index (χ3v) is 8.70. The van der Waals surface area contributed by atoms with E-state index in [4.69, 9.17) is 0 Å². The molecule has 3 heteroatoms. The third-order valence-electron chi connectivity index (χ3n) is 8.70. The summed E-state index contributed by atoms with van der Waals surface area (Å²) in [6, 6.07) is 26.4. The van der Waals surface area contributed by atoms with Crippen molar-refractivity contribution in [1.29, 1.82) is 0 Å². The lowest BCUT2D eigenvalue weighted by atomic mass is 9.69. The molecule has 0 aromatic heterocycles. The van der Waals surface area contributed by atoms with Crippen molar-refractivity contribution in [3.8, 4) is 5.75 Å². The van der Waals surface area contributed by atoms with Gasteiger partial charge in [-0.05, 0) is 96.4 Å². The lowest BCUT2D eigenvalue weighted by Crippen LogP contribution is -2.54. The fourth-order valence-corrected chi connectivity index (χ4v) is 6.79. The molecule has 2 heterocycles. The van der Waals surface area contributed by atoms with Crippen molar-refractivity contribution in [3.63, 3.8) is 0 Å². The van der Waals surface area contributed by atoms with E-state index in [2.05, 4.69) is 70.9 Å². The molecule has 176 valence electrons. The third kappa shape index (κ3) is 4.11. The number of phenolic OH excluding ortho intramolecular Hbond substituents is 1. The highest BCUT2D eigenvalue weighted by Crippen LogP contribution is 2.47. The van der Waals surface area contributed by atoms with E-state index in [1.165, 1.54) is 79.8 Å². The lowest BCUT2D eigenvalue weighted by molar-refractivity contribution is 0.128. The molecule has 0 amide bonds. The number of nitrogens with zero attached hydrogens (tertiary/aromatic N) is 1. The van der Waals surface area contributed by atoms with Crippen LogP contribution in [0.15, 0.2) is 72.8 Å². The minimum atomic E-state index is 0.319. The molecule has 6 rings (SSSR count). The first-order valence-electron chi connectivity index (χ1n) is 13.1. The predicted molar refractivity (Wildman–Crippen MR) is 140 cm³/mol. The molecule has 0 bridgehead atoms. The smallest absolute Gasteiger partial charge is 0.115 e. The van der Waals surface area contributed by atoms with Gasteiger partial charge in [0.2, 0.25) is 0 Å². The largest absolute Gasteiger partial charge is 0.508 e. The summed E-state index contributed by atoms with van der Waals surface area (Å²) in [5.74, 6) is 1.15. The molecule has 3 nitrogen and oxygen atoms in total. The van der Waals surface area contributed by atoms with E-state index in [0.29, 0.717) is 23.0 Å². The highest BCUT2D eigenvalue weighted by molar-refractivity contribution is 5.52. The first kappa shape index (κ1) is 21.7. The predicted octanol–water partition coefficient (Wildman–Crippen LogP) is 6.22. The molecule has 2 N–H and O–H groups in total. The standard InChI is InChI=1S/C31H36N2O/c34-27-13-15-29-25(20-27)10-14-28(23-6-2-1-3-7-23)30(29)24-8-11-26(12-9-24)33-18-4-16-31(17-5-19-33)21-32-22-31/h1-3,6-9,11-13,15,20,28,30,32,34H,4-5,10,14,16-19,21-22H2/t28-,30+/m1/s1. The summed E-state index contributed by atoms with van der Waals surface area (Å²) in [6.07, 6.45) is 7.42. The van der Waals surface area contributed by atoms with Gasteiger partial charge in [0.15, 0.2) is 0 Å². The van der Waals surface area contributed by atoms with Crippen molar-refractivity contribution < 1.29 is 5.11 Å². The van der Waals surface area contributed by atoms with Crippen LogP contribution in [0.2, 0.25) is 0 Å². The molecule has 2 saturated heterocycles. The van der Waals surface area contributed by atoms with Gasteiger partial charge in [0.1, 0.15) is 5.75 Å². The lowest BCUT2D eigenvalue weighted by Gasteiger charge is -2.45. The number of anilines is 1. The summed E-state index contributed by atoms with van der Waals surface area (Å²) >= 11 is 0. The van der Waals surface area contributed by atoms with Gasteiger partial charge in [-0.1, -0.05) is 48.5 Å². The molecule has 1 spiro atoms. The molecule has 34 heavy (non-hydrogen) atoms. The van der Waals surface area contributed by atoms with Crippen molar-refractivity contribution in [2.75, 3.05) is 31.1 Å². The Morgan fingerprint density at radius 3 is 2.24 bits per heavy atom. The van der Waals surface area contributed by atoms with Crippen LogP contribution in [0.5, 0.6) is 5.75 Å². The Bertz CT molecular complexity index is 1110. The summed E-state index contributed by atoms with van der Waals surface area (Å²) in [7, 11) is 0. The average Bonchev–Trinajstić information content (AvgIpc) is 2.83. The Kier molecular flexibility index (Phi) is 5.82. The fraction of sp³-hybridized carbons (Fsp3) is 0.419. The zero-order valence-electron chi connectivity index (χ0n) is 20.0. The van der Waals surface area contributed by atoms with Crippen LogP contribution in [0.4, 0.5) is 5.69 Å². The minimum Gasteiger partial charge on any atom is -0.508 e. The van der Waals surface area contributed by atoms with Gasteiger partial charge in [0.05, 0.1) is 0 Å².